The van der Waals surface area contributed by atoms with Gasteiger partial charge in [0.15, 0.2) is 11.5 Å². The number of para-hydroxylation sites is 1. The summed E-state index contributed by atoms with van der Waals surface area (Å²) in [6.07, 6.45) is 1.43. The minimum atomic E-state index is -0.263. The summed E-state index contributed by atoms with van der Waals surface area (Å²) in [4.78, 5) is 12.5. The van der Waals surface area contributed by atoms with Gasteiger partial charge in [0.2, 0.25) is 5.78 Å². The molecule has 5 nitrogen and oxygen atoms in total. The fourth-order valence-corrected chi connectivity index (χ4v) is 2.11. The van der Waals surface area contributed by atoms with Gasteiger partial charge >= 0.3 is 0 Å². The number of carbonyl (C=O) groups excluding carboxylic acids is 1. The molecule has 0 fully saturated rings. The summed E-state index contributed by atoms with van der Waals surface area (Å²) in [7, 11) is 4.66. The summed E-state index contributed by atoms with van der Waals surface area (Å²) in [6, 6.07) is 5.10. The van der Waals surface area contributed by atoms with Gasteiger partial charge in [-0.3, -0.25) is 9.48 Å². The second kappa shape index (κ2) is 5.32. The average molecular weight is 281 g/mol. The van der Waals surface area contributed by atoms with Crippen molar-refractivity contribution in [2.75, 3.05) is 14.2 Å². The van der Waals surface area contributed by atoms with E-state index in [4.69, 9.17) is 21.1 Å². The van der Waals surface area contributed by atoms with E-state index in [-0.39, 0.29) is 5.78 Å². The van der Waals surface area contributed by atoms with Gasteiger partial charge in [-0.25, -0.2) is 0 Å². The van der Waals surface area contributed by atoms with E-state index < -0.39 is 0 Å². The molecular formula is C13H13ClN2O3. The number of carbonyl (C=O) groups is 1. The molecule has 1 heterocycles. The number of benzene rings is 1. The lowest BCUT2D eigenvalue weighted by molar-refractivity contribution is 0.102. The number of ketones is 1. The van der Waals surface area contributed by atoms with Crippen molar-refractivity contribution in [3.05, 3.63) is 40.7 Å². The van der Waals surface area contributed by atoms with Crippen molar-refractivity contribution in [2.45, 2.75) is 0 Å². The lowest BCUT2D eigenvalue weighted by atomic mass is 10.1. The molecule has 0 aliphatic rings. The largest absolute Gasteiger partial charge is 0.493 e. The predicted octanol–water partition coefficient (Wildman–Crippen LogP) is 2.32. The lowest BCUT2D eigenvalue weighted by Crippen LogP contribution is -2.10. The maximum atomic E-state index is 12.5. The van der Waals surface area contributed by atoms with Crippen molar-refractivity contribution >= 4 is 17.4 Å². The molecule has 0 saturated heterocycles. The Bertz CT molecular complexity index is 603. The number of ether oxygens (including phenoxy) is 2. The van der Waals surface area contributed by atoms with E-state index in [1.807, 2.05) is 0 Å². The second-order valence-corrected chi connectivity index (χ2v) is 4.24. The van der Waals surface area contributed by atoms with Gasteiger partial charge in [0.1, 0.15) is 5.69 Å². The molecule has 6 heteroatoms. The van der Waals surface area contributed by atoms with Crippen LogP contribution in [0.5, 0.6) is 11.5 Å². The highest BCUT2D eigenvalue weighted by atomic mass is 35.5. The quantitative estimate of drug-likeness (QED) is 0.807. The molecule has 1 aromatic carbocycles. The first-order valence-corrected chi connectivity index (χ1v) is 5.91. The first-order chi connectivity index (χ1) is 9.10. The number of nitrogens with zero attached hydrogens (tertiary/aromatic N) is 2. The third-order valence-electron chi connectivity index (χ3n) is 2.76. The van der Waals surface area contributed by atoms with Crippen molar-refractivity contribution in [2.24, 2.45) is 7.05 Å². The Morgan fingerprint density at radius 1 is 1.32 bits per heavy atom. The van der Waals surface area contributed by atoms with Crippen LogP contribution < -0.4 is 9.47 Å². The van der Waals surface area contributed by atoms with E-state index in [1.54, 1.807) is 25.2 Å². The Kier molecular flexibility index (Phi) is 3.76. The third-order valence-corrected chi connectivity index (χ3v) is 3.03. The number of hydrogen-bond acceptors (Lipinski definition) is 4. The van der Waals surface area contributed by atoms with Crippen molar-refractivity contribution < 1.29 is 14.3 Å². The highest BCUT2D eigenvalue weighted by molar-refractivity contribution is 6.34. The molecule has 0 aliphatic heterocycles. The Labute approximate surface area is 115 Å². The number of aryl methyl sites for hydroxylation is 1. The zero-order valence-corrected chi connectivity index (χ0v) is 11.6. The number of aromatic nitrogens is 2. The Balaban J connectivity index is 2.56. The molecule has 0 radical (unpaired) electrons. The summed E-state index contributed by atoms with van der Waals surface area (Å²) in [5.41, 5.74) is 0.695. The normalized spacial score (nSPS) is 10.3. The van der Waals surface area contributed by atoms with Gasteiger partial charge in [-0.15, -0.1) is 0 Å². The predicted molar refractivity (Wildman–Crippen MR) is 71.2 cm³/mol. The van der Waals surface area contributed by atoms with E-state index in [9.17, 15) is 4.79 Å². The summed E-state index contributed by atoms with van der Waals surface area (Å²) in [5.74, 6) is 0.611. The molecule has 0 atom stereocenters. The van der Waals surface area contributed by atoms with Gasteiger partial charge in [-0.05, 0) is 12.1 Å². The summed E-state index contributed by atoms with van der Waals surface area (Å²) >= 11 is 5.98. The van der Waals surface area contributed by atoms with Crippen LogP contribution in [0.1, 0.15) is 16.1 Å². The number of halogens is 1. The topological polar surface area (TPSA) is 53.3 Å². The molecule has 0 saturated carbocycles. The van der Waals surface area contributed by atoms with Crippen LogP contribution in [0.3, 0.4) is 0 Å². The fraction of sp³-hybridized carbons (Fsp3) is 0.231. The zero-order valence-electron chi connectivity index (χ0n) is 10.8. The molecule has 2 rings (SSSR count). The van der Waals surface area contributed by atoms with Crippen molar-refractivity contribution in [3.8, 4) is 11.5 Å². The SMILES string of the molecule is COc1cccc(C(=O)c2c(Cl)cnn2C)c1OC. The van der Waals surface area contributed by atoms with Crippen LogP contribution in [0, 0.1) is 0 Å². The average Bonchev–Trinajstić information content (AvgIpc) is 2.76. The highest BCUT2D eigenvalue weighted by Gasteiger charge is 2.22. The van der Waals surface area contributed by atoms with E-state index in [1.165, 1.54) is 25.1 Å². The number of rotatable bonds is 4. The standard InChI is InChI=1S/C13H13ClN2O3/c1-16-11(9(14)7-15-16)12(17)8-5-4-6-10(18-2)13(8)19-3/h4-7H,1-3H3. The molecule has 0 unspecified atom stereocenters. The van der Waals surface area contributed by atoms with Crippen LogP contribution in [-0.2, 0) is 7.05 Å². The monoisotopic (exact) mass is 280 g/mol. The first kappa shape index (κ1) is 13.4. The molecule has 0 spiro atoms. The van der Waals surface area contributed by atoms with Crippen LogP contribution in [0.25, 0.3) is 0 Å². The maximum absolute atomic E-state index is 12.5. The lowest BCUT2D eigenvalue weighted by Gasteiger charge is -2.11. The van der Waals surface area contributed by atoms with Gasteiger partial charge in [-0.1, -0.05) is 17.7 Å². The van der Waals surface area contributed by atoms with Crippen LogP contribution >= 0.6 is 11.6 Å². The Morgan fingerprint density at radius 3 is 2.58 bits per heavy atom. The molecule has 100 valence electrons. The Hall–Kier alpha value is -2.01. The van der Waals surface area contributed by atoms with Crippen LogP contribution in [0.4, 0.5) is 0 Å². The van der Waals surface area contributed by atoms with Crippen LogP contribution in [-0.4, -0.2) is 29.8 Å². The number of methoxy groups -OCH3 is 2. The summed E-state index contributed by atoms with van der Waals surface area (Å²) in [6.45, 7) is 0. The molecule has 0 amide bonds. The van der Waals surface area contributed by atoms with E-state index >= 15 is 0 Å². The Morgan fingerprint density at radius 2 is 2.05 bits per heavy atom. The fourth-order valence-electron chi connectivity index (χ4n) is 1.86. The van der Waals surface area contributed by atoms with Gasteiger partial charge in [0.25, 0.3) is 0 Å². The van der Waals surface area contributed by atoms with Crippen LogP contribution in [0.2, 0.25) is 5.02 Å². The molecular weight excluding hydrogens is 268 g/mol. The summed E-state index contributed by atoms with van der Waals surface area (Å²) < 4.78 is 11.9. The molecule has 0 N–H and O–H groups in total. The highest BCUT2D eigenvalue weighted by Crippen LogP contribution is 2.33. The van der Waals surface area contributed by atoms with Gasteiger partial charge in [0, 0.05) is 7.05 Å². The molecule has 1 aromatic heterocycles. The van der Waals surface area contributed by atoms with Crippen molar-refractivity contribution in [1.29, 1.82) is 0 Å². The zero-order chi connectivity index (χ0) is 14.0. The molecule has 19 heavy (non-hydrogen) atoms. The van der Waals surface area contributed by atoms with E-state index in [0.29, 0.717) is 27.8 Å². The maximum Gasteiger partial charge on any atom is 0.216 e. The minimum Gasteiger partial charge on any atom is -0.493 e. The van der Waals surface area contributed by atoms with E-state index in [0.717, 1.165) is 0 Å². The smallest absolute Gasteiger partial charge is 0.216 e. The van der Waals surface area contributed by atoms with Crippen molar-refractivity contribution in [1.82, 2.24) is 9.78 Å². The molecule has 0 aliphatic carbocycles. The molecule has 0 bridgehead atoms. The van der Waals surface area contributed by atoms with E-state index in [2.05, 4.69) is 5.10 Å². The third kappa shape index (κ3) is 2.29. The second-order valence-electron chi connectivity index (χ2n) is 3.83. The number of hydrogen-bond donors (Lipinski definition) is 0. The van der Waals surface area contributed by atoms with Crippen LogP contribution in [0.15, 0.2) is 24.4 Å². The summed E-state index contributed by atoms with van der Waals surface area (Å²) in [5, 5.41) is 4.26. The first-order valence-electron chi connectivity index (χ1n) is 5.53. The van der Waals surface area contributed by atoms with Gasteiger partial charge in [0.05, 0.1) is 31.0 Å². The molecule has 2 aromatic rings. The van der Waals surface area contributed by atoms with Crippen molar-refractivity contribution in [3.63, 3.8) is 0 Å². The van der Waals surface area contributed by atoms with Gasteiger partial charge < -0.3 is 9.47 Å². The minimum absolute atomic E-state index is 0.263. The van der Waals surface area contributed by atoms with Gasteiger partial charge in [-0.2, -0.15) is 5.10 Å².